The Hall–Kier alpha value is -2.05. The molecule has 1 atom stereocenters. The van der Waals surface area contributed by atoms with Gasteiger partial charge in [-0.3, -0.25) is 4.79 Å². The summed E-state index contributed by atoms with van der Waals surface area (Å²) in [5, 5.41) is 8.96. The van der Waals surface area contributed by atoms with Gasteiger partial charge in [-0.2, -0.15) is 13.2 Å². The zero-order valence-corrected chi connectivity index (χ0v) is 9.79. The van der Waals surface area contributed by atoms with Crippen LogP contribution in [-0.4, -0.2) is 17.8 Å². The number of carboxylic acids is 1. The van der Waals surface area contributed by atoms with Crippen molar-refractivity contribution >= 4 is 5.97 Å². The Morgan fingerprint density at radius 1 is 1.37 bits per heavy atom. The van der Waals surface area contributed by atoms with Gasteiger partial charge in [0.1, 0.15) is 17.8 Å². The Morgan fingerprint density at radius 3 is 2.47 bits per heavy atom. The average Bonchev–Trinajstić information content (AvgIpc) is 2.37. The minimum atomic E-state index is -2.64. The molecule has 19 heavy (non-hydrogen) atoms. The van der Waals surface area contributed by atoms with Crippen molar-refractivity contribution in [2.75, 3.05) is 6.67 Å². The van der Waals surface area contributed by atoms with E-state index < -0.39 is 30.2 Å². The third kappa shape index (κ3) is 3.24. The molecule has 0 aliphatic rings. The molecule has 1 aromatic carbocycles. The molecule has 104 valence electrons. The Bertz CT molecular complexity index is 511. The van der Waals surface area contributed by atoms with Crippen LogP contribution < -0.4 is 4.74 Å². The number of hydrogen-bond acceptors (Lipinski definition) is 2. The summed E-state index contributed by atoms with van der Waals surface area (Å²) in [7, 11) is 0. The van der Waals surface area contributed by atoms with Crippen molar-refractivity contribution in [1.29, 1.82) is 0 Å². The number of alkyl halides is 1. The first-order chi connectivity index (χ1) is 8.81. The molecule has 0 saturated carbocycles. The lowest BCUT2D eigenvalue weighted by molar-refractivity contribution is -0.143. The number of rotatable bonds is 5. The van der Waals surface area contributed by atoms with Gasteiger partial charge in [-0.15, -0.1) is 0 Å². The van der Waals surface area contributed by atoms with Crippen molar-refractivity contribution in [3.63, 3.8) is 0 Å². The molecule has 0 amide bonds. The minimum Gasteiger partial charge on any atom is -0.481 e. The topological polar surface area (TPSA) is 46.5 Å². The summed E-state index contributed by atoms with van der Waals surface area (Å²) in [5.74, 6) is -1.77. The van der Waals surface area contributed by atoms with E-state index in [0.717, 1.165) is 19.1 Å². The monoisotopic (exact) mass is 278 g/mol. The van der Waals surface area contributed by atoms with Crippen molar-refractivity contribution in [3.8, 4) is 5.75 Å². The normalized spacial score (nSPS) is 13.5. The Kier molecular flexibility index (Phi) is 4.52. The maximum atomic E-state index is 12.9. The van der Waals surface area contributed by atoms with Gasteiger partial charge in [0.25, 0.3) is 0 Å². The quantitative estimate of drug-likeness (QED) is 0.663. The highest BCUT2D eigenvalue weighted by Crippen LogP contribution is 2.29. The lowest BCUT2D eigenvalue weighted by Gasteiger charge is -2.21. The molecule has 1 rings (SSSR count). The van der Waals surface area contributed by atoms with Crippen LogP contribution >= 0.6 is 0 Å². The molecule has 0 aromatic heterocycles. The summed E-state index contributed by atoms with van der Waals surface area (Å²) < 4.78 is 53.4. The molecule has 1 unspecified atom stereocenters. The van der Waals surface area contributed by atoms with Crippen LogP contribution in [0, 0.1) is 0 Å². The molecular formula is C12H10F4O3. The molecule has 1 N–H and O–H groups in total. The fourth-order valence-corrected chi connectivity index (χ4v) is 1.30. The van der Waals surface area contributed by atoms with E-state index >= 15 is 0 Å². The first kappa shape index (κ1) is 15.0. The number of hydrogen-bond donors (Lipinski definition) is 1. The van der Waals surface area contributed by atoms with E-state index in [0.29, 0.717) is 0 Å². The zero-order chi connectivity index (χ0) is 14.6. The van der Waals surface area contributed by atoms with Gasteiger partial charge < -0.3 is 9.84 Å². The molecule has 0 spiro atoms. The van der Waals surface area contributed by atoms with Crippen LogP contribution in [0.2, 0.25) is 0 Å². The summed E-state index contributed by atoms with van der Waals surface area (Å²) in [5.41, 5.74) is -1.87. The highest BCUT2D eigenvalue weighted by Gasteiger charge is 2.35. The largest absolute Gasteiger partial charge is 0.481 e. The summed E-state index contributed by atoms with van der Waals surface area (Å²) in [4.78, 5) is 11.0. The highest BCUT2D eigenvalue weighted by atomic mass is 19.3. The zero-order valence-electron chi connectivity index (χ0n) is 9.79. The molecule has 0 heterocycles. The van der Waals surface area contributed by atoms with E-state index in [1.807, 2.05) is 0 Å². The van der Waals surface area contributed by atoms with Gasteiger partial charge >= 0.3 is 18.1 Å². The molecule has 0 aliphatic heterocycles. The van der Waals surface area contributed by atoms with E-state index in [2.05, 4.69) is 4.74 Å². The molecule has 0 fully saturated rings. The van der Waals surface area contributed by atoms with E-state index in [1.165, 1.54) is 12.1 Å². The molecule has 0 saturated heterocycles. The van der Waals surface area contributed by atoms with Crippen LogP contribution in [0.5, 0.6) is 5.75 Å². The molecule has 0 aliphatic carbocycles. The molecule has 0 bridgehead atoms. The Morgan fingerprint density at radius 2 is 2.00 bits per heavy atom. The minimum absolute atomic E-state index is 0.0212. The lowest BCUT2D eigenvalue weighted by atomic mass is 9.84. The van der Waals surface area contributed by atoms with Crippen LogP contribution in [0.3, 0.4) is 0 Å². The third-order valence-electron chi connectivity index (χ3n) is 2.57. The second-order valence-electron chi connectivity index (χ2n) is 3.93. The Labute approximate surface area is 106 Å². The van der Waals surface area contributed by atoms with Gasteiger partial charge in [0.05, 0.1) is 0 Å². The van der Waals surface area contributed by atoms with Gasteiger partial charge in [-0.25, -0.2) is 4.39 Å². The van der Waals surface area contributed by atoms with Crippen LogP contribution in [0.1, 0.15) is 12.5 Å². The average molecular weight is 278 g/mol. The van der Waals surface area contributed by atoms with Crippen LogP contribution in [0.15, 0.2) is 36.4 Å². The van der Waals surface area contributed by atoms with Crippen molar-refractivity contribution in [2.45, 2.75) is 12.3 Å². The predicted octanol–water partition coefficient (Wildman–Crippen LogP) is 3.41. The summed E-state index contributed by atoms with van der Waals surface area (Å²) in [6.45, 7) is -0.0854. The maximum Gasteiger partial charge on any atom is 0.344 e. The van der Waals surface area contributed by atoms with Gasteiger partial charge in [0.15, 0.2) is 0 Å². The summed E-state index contributed by atoms with van der Waals surface area (Å²) in [6.07, 6.45) is -2.64. The second kappa shape index (κ2) is 5.73. The van der Waals surface area contributed by atoms with Gasteiger partial charge in [-0.05, 0) is 24.6 Å². The van der Waals surface area contributed by atoms with Crippen LogP contribution in [0.25, 0.3) is 0 Å². The maximum absolute atomic E-state index is 12.9. The predicted molar refractivity (Wildman–Crippen MR) is 58.4 cm³/mol. The molecular weight excluding hydrogens is 268 g/mol. The lowest BCUT2D eigenvalue weighted by Crippen LogP contribution is -2.34. The Balaban J connectivity index is 3.14. The van der Waals surface area contributed by atoms with E-state index in [9.17, 15) is 22.4 Å². The molecule has 7 heteroatoms. The third-order valence-corrected chi connectivity index (χ3v) is 2.57. The molecule has 1 aromatic rings. The first-order valence-corrected chi connectivity index (χ1v) is 5.10. The van der Waals surface area contributed by atoms with Crippen LogP contribution in [0.4, 0.5) is 17.6 Å². The highest BCUT2D eigenvalue weighted by molar-refractivity contribution is 5.81. The van der Waals surface area contributed by atoms with Crippen molar-refractivity contribution in [3.05, 3.63) is 41.9 Å². The molecule has 3 nitrogen and oxygen atoms in total. The summed E-state index contributed by atoms with van der Waals surface area (Å²) in [6, 6.07) is 2.59. The number of aliphatic carboxylic acids is 1. The number of carbonyl (C=O) groups is 1. The van der Waals surface area contributed by atoms with Gasteiger partial charge in [-0.1, -0.05) is 12.1 Å². The standard InChI is InChI=1S/C12H10F4O3/c1-12(6-13,11(17)18)7-3-2-4-8(5-7)19-10(16)9(14)15/h2-5H,6H2,1H3,(H,17,18). The number of benzene rings is 1. The molecule has 0 radical (unpaired) electrons. The van der Waals surface area contributed by atoms with E-state index in [-0.39, 0.29) is 11.3 Å². The second-order valence-corrected chi connectivity index (χ2v) is 3.93. The van der Waals surface area contributed by atoms with Gasteiger partial charge in [0.2, 0.25) is 0 Å². The van der Waals surface area contributed by atoms with E-state index in [4.69, 9.17) is 5.11 Å². The summed E-state index contributed by atoms with van der Waals surface area (Å²) >= 11 is 0. The number of carboxylic acid groups (broad SMARTS) is 1. The van der Waals surface area contributed by atoms with Crippen LogP contribution in [-0.2, 0) is 10.2 Å². The fourth-order valence-electron chi connectivity index (χ4n) is 1.30. The first-order valence-electron chi connectivity index (χ1n) is 5.10. The van der Waals surface area contributed by atoms with E-state index in [1.54, 1.807) is 0 Å². The van der Waals surface area contributed by atoms with Crippen molar-refractivity contribution in [1.82, 2.24) is 0 Å². The fraction of sp³-hybridized carbons (Fsp3) is 0.250. The van der Waals surface area contributed by atoms with Crippen molar-refractivity contribution < 1.29 is 32.2 Å². The van der Waals surface area contributed by atoms with Gasteiger partial charge in [0, 0.05) is 0 Å². The smallest absolute Gasteiger partial charge is 0.344 e. The SMILES string of the molecule is CC(CF)(C(=O)O)c1cccc(OC(F)=C(F)F)c1. The number of ether oxygens (including phenoxy) is 1. The van der Waals surface area contributed by atoms with Crippen molar-refractivity contribution in [2.24, 2.45) is 0 Å². The number of halogens is 4.